The number of aryl methyl sites for hydroxylation is 1. The summed E-state index contributed by atoms with van der Waals surface area (Å²) in [5, 5.41) is 15.3. The number of nitro benzene ring substituents is 1. The smallest absolute Gasteiger partial charge is 0.295 e. The maximum absolute atomic E-state index is 12.6. The number of aromatic nitrogens is 1. The van der Waals surface area contributed by atoms with Crippen LogP contribution in [0, 0.1) is 17.0 Å². The number of nitro groups is 1. The summed E-state index contributed by atoms with van der Waals surface area (Å²) in [4.78, 5) is 15.4. The van der Waals surface area contributed by atoms with E-state index >= 15 is 0 Å². The summed E-state index contributed by atoms with van der Waals surface area (Å²) in [7, 11) is -1.97. The molecule has 0 amide bonds. The molecule has 2 aromatic carbocycles. The number of rotatable bonds is 7. The third kappa shape index (κ3) is 4.27. The molecule has 8 nitrogen and oxygen atoms in total. The Bertz CT molecular complexity index is 1190. The highest BCUT2D eigenvalue weighted by atomic mass is 32.2. The van der Waals surface area contributed by atoms with Gasteiger partial charge in [0.25, 0.3) is 5.69 Å². The van der Waals surface area contributed by atoms with Crippen molar-refractivity contribution >= 4 is 32.3 Å². The molecule has 3 aromatic rings. The fourth-order valence-electron chi connectivity index (χ4n) is 3.08. The molecule has 0 saturated heterocycles. The van der Waals surface area contributed by atoms with Crippen LogP contribution in [0.15, 0.2) is 53.4 Å². The fourth-order valence-corrected chi connectivity index (χ4v) is 4.44. The minimum Gasteiger partial charge on any atom is -0.380 e. The molecule has 3 rings (SSSR count). The molecule has 9 heteroatoms. The zero-order valence-corrected chi connectivity index (χ0v) is 18.1. The Kier molecular flexibility index (Phi) is 6.04. The number of hydrogen-bond acceptors (Lipinski definition) is 6. The van der Waals surface area contributed by atoms with E-state index in [1.54, 1.807) is 50.4 Å². The molecule has 158 valence electrons. The first-order valence-corrected chi connectivity index (χ1v) is 10.9. The second kappa shape index (κ2) is 8.37. The topological polar surface area (TPSA) is 105 Å². The maximum atomic E-state index is 12.6. The number of hydrogen-bond donors (Lipinski definition) is 1. The molecule has 0 radical (unpaired) electrons. The van der Waals surface area contributed by atoms with E-state index in [9.17, 15) is 18.5 Å². The van der Waals surface area contributed by atoms with Gasteiger partial charge < -0.3 is 5.32 Å². The van der Waals surface area contributed by atoms with Crippen LogP contribution in [-0.2, 0) is 16.6 Å². The molecule has 0 aliphatic heterocycles. The Morgan fingerprint density at radius 1 is 1.17 bits per heavy atom. The van der Waals surface area contributed by atoms with Crippen LogP contribution >= 0.6 is 0 Å². The van der Waals surface area contributed by atoms with Crippen molar-refractivity contribution in [2.75, 3.05) is 12.4 Å². The Morgan fingerprint density at radius 2 is 1.83 bits per heavy atom. The van der Waals surface area contributed by atoms with Gasteiger partial charge in [-0.05, 0) is 44.5 Å². The van der Waals surface area contributed by atoms with Crippen molar-refractivity contribution in [2.24, 2.45) is 0 Å². The SMILES string of the molecule is Cc1cc(NCc2ccc(S(=O)(=O)N(C)C(C)C)cc2)c2cccc([N+](=O)[O-])c2n1. The van der Waals surface area contributed by atoms with Crippen molar-refractivity contribution in [1.82, 2.24) is 9.29 Å². The first-order valence-electron chi connectivity index (χ1n) is 9.47. The van der Waals surface area contributed by atoms with Crippen LogP contribution in [0.4, 0.5) is 11.4 Å². The maximum Gasteiger partial charge on any atom is 0.295 e. The number of benzene rings is 2. The molecule has 0 unspecified atom stereocenters. The highest BCUT2D eigenvalue weighted by molar-refractivity contribution is 7.89. The summed E-state index contributed by atoms with van der Waals surface area (Å²) in [5.41, 5.74) is 2.58. The first kappa shape index (κ1) is 21.7. The van der Waals surface area contributed by atoms with Gasteiger partial charge in [0.15, 0.2) is 5.52 Å². The van der Waals surface area contributed by atoms with Gasteiger partial charge in [-0.25, -0.2) is 13.4 Å². The van der Waals surface area contributed by atoms with Gasteiger partial charge in [-0.1, -0.05) is 24.3 Å². The Morgan fingerprint density at radius 3 is 2.43 bits per heavy atom. The summed E-state index contributed by atoms with van der Waals surface area (Å²) in [6.45, 7) is 5.86. The Balaban J connectivity index is 1.85. The molecule has 30 heavy (non-hydrogen) atoms. The van der Waals surface area contributed by atoms with Gasteiger partial charge in [0.1, 0.15) is 0 Å². The molecule has 1 aromatic heterocycles. The molecule has 1 N–H and O–H groups in total. The van der Waals surface area contributed by atoms with Crippen LogP contribution in [-0.4, -0.2) is 35.7 Å². The van der Waals surface area contributed by atoms with Gasteiger partial charge in [0.05, 0.1) is 9.82 Å². The summed E-state index contributed by atoms with van der Waals surface area (Å²) in [5.74, 6) is 0. The number of para-hydroxylation sites is 1. The zero-order chi connectivity index (χ0) is 22.1. The van der Waals surface area contributed by atoms with Crippen molar-refractivity contribution in [3.8, 4) is 0 Å². The molecular weight excluding hydrogens is 404 g/mol. The Labute approximate surface area is 175 Å². The van der Waals surface area contributed by atoms with E-state index in [1.807, 2.05) is 19.9 Å². The minimum absolute atomic E-state index is 0.0388. The summed E-state index contributed by atoms with van der Waals surface area (Å²) in [6, 6.07) is 13.2. The van der Waals surface area contributed by atoms with Gasteiger partial charge in [-0.15, -0.1) is 0 Å². The van der Waals surface area contributed by atoms with Crippen molar-refractivity contribution in [2.45, 2.75) is 38.3 Å². The van der Waals surface area contributed by atoms with Crippen LogP contribution in [0.25, 0.3) is 10.9 Å². The van der Waals surface area contributed by atoms with Crippen LogP contribution in [0.2, 0.25) is 0 Å². The number of fused-ring (bicyclic) bond motifs is 1. The lowest BCUT2D eigenvalue weighted by molar-refractivity contribution is -0.383. The number of sulfonamides is 1. The van der Waals surface area contributed by atoms with Crippen LogP contribution in [0.5, 0.6) is 0 Å². The average molecular weight is 429 g/mol. The summed E-state index contributed by atoms with van der Waals surface area (Å²) < 4.78 is 26.5. The molecular formula is C21H24N4O4S. The van der Waals surface area contributed by atoms with E-state index in [4.69, 9.17) is 0 Å². The lowest BCUT2D eigenvalue weighted by atomic mass is 10.1. The van der Waals surface area contributed by atoms with Crippen LogP contribution in [0.3, 0.4) is 0 Å². The molecule has 0 spiro atoms. The van der Waals surface area contributed by atoms with E-state index in [-0.39, 0.29) is 16.6 Å². The van der Waals surface area contributed by atoms with Crippen molar-refractivity contribution in [1.29, 1.82) is 0 Å². The molecule has 0 bridgehead atoms. The lowest BCUT2D eigenvalue weighted by Gasteiger charge is -2.21. The number of pyridine rings is 1. The highest BCUT2D eigenvalue weighted by Gasteiger charge is 2.22. The van der Waals surface area contributed by atoms with Crippen molar-refractivity contribution in [3.05, 3.63) is 69.9 Å². The summed E-state index contributed by atoms with van der Waals surface area (Å²) >= 11 is 0. The van der Waals surface area contributed by atoms with Gasteiger partial charge >= 0.3 is 0 Å². The number of non-ortho nitro benzene ring substituents is 1. The largest absolute Gasteiger partial charge is 0.380 e. The van der Waals surface area contributed by atoms with Crippen LogP contribution < -0.4 is 5.32 Å². The fraction of sp³-hybridized carbons (Fsp3) is 0.286. The van der Waals surface area contributed by atoms with Crippen LogP contribution in [0.1, 0.15) is 25.1 Å². The average Bonchev–Trinajstić information content (AvgIpc) is 2.70. The van der Waals surface area contributed by atoms with E-state index in [1.165, 1.54) is 10.4 Å². The van der Waals surface area contributed by atoms with Gasteiger partial charge in [0.2, 0.25) is 10.0 Å². The van der Waals surface area contributed by atoms with E-state index in [0.717, 1.165) is 11.3 Å². The normalized spacial score (nSPS) is 11.9. The molecule has 0 fully saturated rings. The third-order valence-electron chi connectivity index (χ3n) is 4.95. The monoisotopic (exact) mass is 428 g/mol. The quantitative estimate of drug-likeness (QED) is 0.449. The van der Waals surface area contributed by atoms with Crippen molar-refractivity contribution < 1.29 is 13.3 Å². The van der Waals surface area contributed by atoms with Gasteiger partial charge in [-0.3, -0.25) is 10.1 Å². The minimum atomic E-state index is -3.53. The molecule has 0 saturated carbocycles. The predicted molar refractivity (Wildman–Crippen MR) is 117 cm³/mol. The Hall–Kier alpha value is -3.04. The standard InChI is InChI=1S/C21H24N4O4S/c1-14(2)24(4)30(28,29)17-10-8-16(9-11-17)13-22-19-12-15(3)23-21-18(19)6-5-7-20(21)25(26)27/h5-12,14H,13H2,1-4H3,(H,22,23). The van der Waals surface area contributed by atoms with E-state index in [0.29, 0.717) is 23.1 Å². The van der Waals surface area contributed by atoms with E-state index < -0.39 is 14.9 Å². The second-order valence-electron chi connectivity index (χ2n) is 7.35. The number of anilines is 1. The second-order valence-corrected chi connectivity index (χ2v) is 9.35. The van der Waals surface area contributed by atoms with Gasteiger partial charge in [-0.2, -0.15) is 4.31 Å². The molecule has 0 aliphatic carbocycles. The molecule has 0 atom stereocenters. The summed E-state index contributed by atoms with van der Waals surface area (Å²) in [6.07, 6.45) is 0. The molecule has 0 aliphatic rings. The third-order valence-corrected chi connectivity index (χ3v) is 7.00. The zero-order valence-electron chi connectivity index (χ0n) is 17.3. The number of nitrogens with one attached hydrogen (secondary N) is 1. The lowest BCUT2D eigenvalue weighted by Crippen LogP contribution is -2.33. The first-order chi connectivity index (χ1) is 14.1. The van der Waals surface area contributed by atoms with Crippen molar-refractivity contribution in [3.63, 3.8) is 0 Å². The number of nitrogens with zero attached hydrogens (tertiary/aromatic N) is 3. The van der Waals surface area contributed by atoms with Gasteiger partial charge in [0, 0.05) is 42.5 Å². The highest BCUT2D eigenvalue weighted by Crippen LogP contribution is 2.30. The molecule has 1 heterocycles. The predicted octanol–water partition coefficient (Wildman–Crippen LogP) is 4.09. The van der Waals surface area contributed by atoms with E-state index in [2.05, 4.69) is 10.3 Å².